The fourth-order valence-electron chi connectivity index (χ4n) is 2.70. The first-order valence-electron chi connectivity index (χ1n) is 8.53. The van der Waals surface area contributed by atoms with E-state index in [9.17, 15) is 0 Å². The first-order chi connectivity index (χ1) is 12.6. The highest BCUT2D eigenvalue weighted by molar-refractivity contribution is 7.80. The summed E-state index contributed by atoms with van der Waals surface area (Å²) in [6.07, 6.45) is 7.30. The predicted molar refractivity (Wildman–Crippen MR) is 110 cm³/mol. The molecule has 0 amide bonds. The van der Waals surface area contributed by atoms with Gasteiger partial charge in [0.05, 0.1) is 0 Å². The van der Waals surface area contributed by atoms with Crippen molar-refractivity contribution in [3.8, 4) is 0 Å². The third-order valence-corrected chi connectivity index (χ3v) is 4.69. The highest BCUT2D eigenvalue weighted by Gasteiger charge is 2.13. The van der Waals surface area contributed by atoms with Crippen LogP contribution in [0.3, 0.4) is 0 Å². The lowest BCUT2D eigenvalue weighted by molar-refractivity contribution is 0.411. The average Bonchev–Trinajstić information content (AvgIpc) is 2.66. The van der Waals surface area contributed by atoms with Crippen molar-refractivity contribution in [2.24, 2.45) is 0 Å². The van der Waals surface area contributed by atoms with Gasteiger partial charge in [-0.15, -0.1) is 0 Å². The van der Waals surface area contributed by atoms with E-state index >= 15 is 0 Å². The van der Waals surface area contributed by atoms with Gasteiger partial charge in [0.2, 0.25) is 0 Å². The minimum Gasteiger partial charge on any atom is -0.340 e. The summed E-state index contributed by atoms with van der Waals surface area (Å²) in [6.45, 7) is 5.57. The van der Waals surface area contributed by atoms with Crippen LogP contribution in [-0.2, 0) is 13.1 Å². The zero-order valence-electron chi connectivity index (χ0n) is 15.0. The molecule has 0 aliphatic carbocycles. The number of anilines is 1. The first kappa shape index (κ1) is 18.0. The largest absolute Gasteiger partial charge is 0.340 e. The zero-order chi connectivity index (χ0) is 18.4. The number of rotatable bonds is 5. The molecule has 5 heteroatoms. The number of pyridine rings is 2. The molecule has 0 bridgehead atoms. The molecular formula is C21H22N4S. The second-order valence-corrected chi connectivity index (χ2v) is 6.64. The summed E-state index contributed by atoms with van der Waals surface area (Å²) in [4.78, 5) is 10.6. The van der Waals surface area contributed by atoms with Crippen molar-refractivity contribution in [1.29, 1.82) is 0 Å². The van der Waals surface area contributed by atoms with Gasteiger partial charge in [-0.05, 0) is 66.5 Å². The maximum absolute atomic E-state index is 5.73. The molecule has 0 unspecified atom stereocenters. The monoisotopic (exact) mass is 362 g/mol. The van der Waals surface area contributed by atoms with Crippen LogP contribution in [0.1, 0.15) is 22.3 Å². The van der Waals surface area contributed by atoms with E-state index in [0.717, 1.165) is 16.8 Å². The van der Waals surface area contributed by atoms with Crippen molar-refractivity contribution in [2.75, 3.05) is 5.32 Å². The minimum absolute atomic E-state index is 0.680. The van der Waals surface area contributed by atoms with Crippen molar-refractivity contribution >= 4 is 23.0 Å². The second-order valence-electron chi connectivity index (χ2n) is 6.26. The summed E-state index contributed by atoms with van der Waals surface area (Å²) in [6, 6.07) is 14.2. The molecule has 0 aliphatic rings. The zero-order valence-corrected chi connectivity index (χ0v) is 15.8. The fourth-order valence-corrected chi connectivity index (χ4v) is 2.94. The number of benzene rings is 1. The molecule has 0 saturated carbocycles. The van der Waals surface area contributed by atoms with Gasteiger partial charge in [0.15, 0.2) is 5.11 Å². The van der Waals surface area contributed by atoms with E-state index in [4.69, 9.17) is 12.2 Å². The van der Waals surface area contributed by atoms with E-state index < -0.39 is 0 Å². The molecular weight excluding hydrogens is 340 g/mol. The quantitative estimate of drug-likeness (QED) is 0.677. The summed E-state index contributed by atoms with van der Waals surface area (Å²) in [5.41, 5.74) is 5.71. The van der Waals surface area contributed by atoms with Gasteiger partial charge in [0, 0.05) is 43.6 Å². The molecule has 0 saturated heterocycles. The molecule has 1 aromatic carbocycles. The molecule has 3 aromatic rings. The smallest absolute Gasteiger partial charge is 0.174 e. The Morgan fingerprint density at radius 2 is 1.54 bits per heavy atom. The lowest BCUT2D eigenvalue weighted by atomic mass is 10.1. The molecule has 132 valence electrons. The topological polar surface area (TPSA) is 41.0 Å². The highest BCUT2D eigenvalue weighted by atomic mass is 32.1. The summed E-state index contributed by atoms with van der Waals surface area (Å²) in [7, 11) is 0. The number of aryl methyl sites for hydroxylation is 1. The number of nitrogens with one attached hydrogen (secondary N) is 1. The number of nitrogens with zero attached hydrogens (tertiary/aromatic N) is 3. The Labute approximate surface area is 159 Å². The molecule has 0 fully saturated rings. The van der Waals surface area contributed by atoms with Gasteiger partial charge >= 0.3 is 0 Å². The molecule has 0 radical (unpaired) electrons. The van der Waals surface area contributed by atoms with Crippen LogP contribution in [0.15, 0.2) is 67.3 Å². The van der Waals surface area contributed by atoms with Crippen LogP contribution >= 0.6 is 12.2 Å². The van der Waals surface area contributed by atoms with Crippen LogP contribution in [0.25, 0.3) is 0 Å². The van der Waals surface area contributed by atoms with Crippen LogP contribution in [0.4, 0.5) is 5.69 Å². The highest BCUT2D eigenvalue weighted by Crippen LogP contribution is 2.19. The Hall–Kier alpha value is -2.79. The standard InChI is InChI=1S/C21H22N4S/c1-16-6-3-9-20(17(16)2)24-21(26)25(14-18-7-4-10-22-12-18)15-19-8-5-11-23-13-19/h3-13H,14-15H2,1-2H3,(H,24,26). The van der Waals surface area contributed by atoms with Gasteiger partial charge < -0.3 is 10.2 Å². The van der Waals surface area contributed by atoms with Crippen LogP contribution in [0.2, 0.25) is 0 Å². The Kier molecular flexibility index (Phi) is 5.92. The van der Waals surface area contributed by atoms with E-state index in [0.29, 0.717) is 18.2 Å². The molecule has 26 heavy (non-hydrogen) atoms. The van der Waals surface area contributed by atoms with Crippen LogP contribution < -0.4 is 5.32 Å². The fraction of sp³-hybridized carbons (Fsp3) is 0.190. The third kappa shape index (κ3) is 4.64. The van der Waals surface area contributed by atoms with Crippen LogP contribution in [0.5, 0.6) is 0 Å². The van der Waals surface area contributed by atoms with E-state index in [1.54, 1.807) is 12.4 Å². The van der Waals surface area contributed by atoms with E-state index in [-0.39, 0.29) is 0 Å². The summed E-state index contributed by atoms with van der Waals surface area (Å²) >= 11 is 5.73. The van der Waals surface area contributed by atoms with Crippen LogP contribution in [-0.4, -0.2) is 20.0 Å². The van der Waals surface area contributed by atoms with E-state index in [1.807, 2.05) is 30.6 Å². The van der Waals surface area contributed by atoms with Gasteiger partial charge in [0.1, 0.15) is 0 Å². The lowest BCUT2D eigenvalue weighted by Crippen LogP contribution is -2.34. The number of hydrogen-bond acceptors (Lipinski definition) is 3. The summed E-state index contributed by atoms with van der Waals surface area (Å²) < 4.78 is 0. The third-order valence-electron chi connectivity index (χ3n) is 4.33. The molecule has 0 atom stereocenters. The molecule has 1 N–H and O–H groups in total. The predicted octanol–water partition coefficient (Wildman–Crippen LogP) is 4.49. The van der Waals surface area contributed by atoms with Crippen molar-refractivity contribution in [3.63, 3.8) is 0 Å². The van der Waals surface area contributed by atoms with E-state index in [1.165, 1.54) is 11.1 Å². The molecule has 0 aliphatic heterocycles. The lowest BCUT2D eigenvalue weighted by Gasteiger charge is -2.26. The van der Waals surface area contributed by atoms with Crippen molar-refractivity contribution in [1.82, 2.24) is 14.9 Å². The van der Waals surface area contributed by atoms with Crippen molar-refractivity contribution < 1.29 is 0 Å². The Morgan fingerprint density at radius 1 is 0.923 bits per heavy atom. The van der Waals surface area contributed by atoms with Crippen molar-refractivity contribution in [3.05, 3.63) is 89.5 Å². The Morgan fingerprint density at radius 3 is 2.08 bits per heavy atom. The normalized spacial score (nSPS) is 10.4. The first-order valence-corrected chi connectivity index (χ1v) is 8.94. The Balaban J connectivity index is 1.81. The number of aromatic nitrogens is 2. The van der Waals surface area contributed by atoms with Crippen LogP contribution in [0, 0.1) is 13.8 Å². The Bertz CT molecular complexity index is 824. The molecule has 4 nitrogen and oxygen atoms in total. The van der Waals surface area contributed by atoms with Gasteiger partial charge in [-0.3, -0.25) is 9.97 Å². The molecule has 0 spiro atoms. The summed E-state index contributed by atoms with van der Waals surface area (Å²) in [5.74, 6) is 0. The molecule has 3 rings (SSSR count). The minimum atomic E-state index is 0.680. The average molecular weight is 363 g/mol. The number of thiocarbonyl (C=S) groups is 1. The SMILES string of the molecule is Cc1cccc(NC(=S)N(Cc2cccnc2)Cc2cccnc2)c1C. The van der Waals surface area contributed by atoms with Gasteiger partial charge in [-0.2, -0.15) is 0 Å². The van der Waals surface area contributed by atoms with Gasteiger partial charge in [-0.1, -0.05) is 24.3 Å². The molecule has 2 heterocycles. The maximum atomic E-state index is 5.73. The van der Waals surface area contributed by atoms with Gasteiger partial charge in [0.25, 0.3) is 0 Å². The maximum Gasteiger partial charge on any atom is 0.174 e. The van der Waals surface area contributed by atoms with E-state index in [2.05, 4.69) is 58.3 Å². The second kappa shape index (κ2) is 8.54. The molecule has 2 aromatic heterocycles. The van der Waals surface area contributed by atoms with Crippen molar-refractivity contribution in [2.45, 2.75) is 26.9 Å². The van der Waals surface area contributed by atoms with Gasteiger partial charge in [-0.25, -0.2) is 0 Å². The summed E-state index contributed by atoms with van der Waals surface area (Å²) in [5, 5.41) is 4.09. The number of hydrogen-bond donors (Lipinski definition) is 1.